The second-order valence-corrected chi connectivity index (χ2v) is 5.41. The van der Waals surface area contributed by atoms with Crippen LogP contribution in [0.1, 0.15) is 36.1 Å². The van der Waals surface area contributed by atoms with Crippen LogP contribution in [0.15, 0.2) is 16.5 Å². The lowest BCUT2D eigenvalue weighted by Gasteiger charge is -2.29. The molecule has 0 aromatic carbocycles. The lowest BCUT2D eigenvalue weighted by Crippen LogP contribution is -2.40. The maximum atomic E-state index is 12.1. The molecule has 1 aliphatic heterocycles. The van der Waals surface area contributed by atoms with Crippen molar-refractivity contribution >= 4 is 21.8 Å². The van der Waals surface area contributed by atoms with Crippen molar-refractivity contribution in [1.82, 2.24) is 4.90 Å². The van der Waals surface area contributed by atoms with Crippen LogP contribution in [0.2, 0.25) is 0 Å². The van der Waals surface area contributed by atoms with Crippen LogP contribution in [0.5, 0.6) is 0 Å². The molecule has 0 spiro atoms. The van der Waals surface area contributed by atoms with Crippen LogP contribution in [0, 0.1) is 0 Å². The Hall–Kier alpha value is -0.770. The summed E-state index contributed by atoms with van der Waals surface area (Å²) >= 11 is 3.56. The van der Waals surface area contributed by atoms with E-state index in [1.165, 1.54) is 0 Å². The minimum atomic E-state index is 0.0175. The van der Waals surface area contributed by atoms with Gasteiger partial charge in [0.2, 0.25) is 0 Å². The summed E-state index contributed by atoms with van der Waals surface area (Å²) in [5.74, 6) is 1.36. The Morgan fingerprint density at radius 2 is 2.44 bits per heavy atom. The van der Waals surface area contributed by atoms with Crippen LogP contribution in [-0.2, 0) is 6.42 Å². The lowest BCUT2D eigenvalue weighted by atomic mass is 10.1. The Morgan fingerprint density at radius 1 is 1.62 bits per heavy atom. The zero-order valence-corrected chi connectivity index (χ0v) is 11.0. The molecule has 1 saturated heterocycles. The van der Waals surface area contributed by atoms with Gasteiger partial charge in [0.25, 0.3) is 5.91 Å². The standard InChI is InChI=1S/C12H16BrNO2/c1-2-10-5-6-11(16-10)12(15)14-7-3-4-9(13)8-14/h5-6,9H,2-4,7-8H2,1H3. The van der Waals surface area contributed by atoms with Gasteiger partial charge in [0.1, 0.15) is 5.76 Å². The maximum absolute atomic E-state index is 12.1. The first-order chi connectivity index (χ1) is 7.70. The summed E-state index contributed by atoms with van der Waals surface area (Å²) in [6.45, 7) is 3.63. The van der Waals surface area contributed by atoms with Crippen molar-refractivity contribution in [3.05, 3.63) is 23.7 Å². The third kappa shape index (κ3) is 2.48. The summed E-state index contributed by atoms with van der Waals surface area (Å²) in [5.41, 5.74) is 0. The fourth-order valence-electron chi connectivity index (χ4n) is 1.95. The van der Waals surface area contributed by atoms with E-state index in [2.05, 4.69) is 15.9 Å². The summed E-state index contributed by atoms with van der Waals surface area (Å²) in [7, 11) is 0. The molecule has 0 radical (unpaired) electrons. The highest BCUT2D eigenvalue weighted by Gasteiger charge is 2.24. The highest BCUT2D eigenvalue weighted by molar-refractivity contribution is 9.09. The van der Waals surface area contributed by atoms with E-state index in [4.69, 9.17) is 4.42 Å². The second-order valence-electron chi connectivity index (χ2n) is 4.11. The number of furan rings is 1. The molecular formula is C12H16BrNO2. The number of carbonyl (C=O) groups is 1. The molecule has 1 atom stereocenters. The predicted octanol–water partition coefficient (Wildman–Crippen LogP) is 2.84. The summed E-state index contributed by atoms with van der Waals surface area (Å²) in [6.07, 6.45) is 3.03. The highest BCUT2D eigenvalue weighted by atomic mass is 79.9. The number of hydrogen-bond acceptors (Lipinski definition) is 2. The molecule has 0 saturated carbocycles. The van der Waals surface area contributed by atoms with Gasteiger partial charge in [-0.15, -0.1) is 0 Å². The van der Waals surface area contributed by atoms with Crippen LogP contribution >= 0.6 is 15.9 Å². The van der Waals surface area contributed by atoms with Crippen molar-refractivity contribution in [2.45, 2.75) is 31.0 Å². The zero-order chi connectivity index (χ0) is 11.5. The molecule has 0 N–H and O–H groups in total. The Labute approximate surface area is 104 Å². The summed E-state index contributed by atoms with van der Waals surface area (Å²) in [6, 6.07) is 3.65. The van der Waals surface area contributed by atoms with Gasteiger partial charge in [-0.3, -0.25) is 4.79 Å². The molecule has 1 aromatic heterocycles. The van der Waals surface area contributed by atoms with Crippen LogP contribution in [0.25, 0.3) is 0 Å². The monoisotopic (exact) mass is 285 g/mol. The highest BCUT2D eigenvalue weighted by Crippen LogP contribution is 2.19. The zero-order valence-electron chi connectivity index (χ0n) is 9.41. The molecule has 2 heterocycles. The third-order valence-corrected chi connectivity index (χ3v) is 3.62. The normalized spacial score (nSPS) is 21.1. The van der Waals surface area contributed by atoms with Crippen LogP contribution in [0.4, 0.5) is 0 Å². The molecule has 1 amide bonds. The van der Waals surface area contributed by atoms with Crippen molar-refractivity contribution in [1.29, 1.82) is 0 Å². The first-order valence-electron chi connectivity index (χ1n) is 5.72. The number of nitrogens with zero attached hydrogens (tertiary/aromatic N) is 1. The number of aryl methyl sites for hydroxylation is 1. The van der Waals surface area contributed by atoms with E-state index < -0.39 is 0 Å². The smallest absolute Gasteiger partial charge is 0.289 e. The topological polar surface area (TPSA) is 33.5 Å². The average Bonchev–Trinajstić information content (AvgIpc) is 2.76. The number of alkyl halides is 1. The fourth-order valence-corrected chi connectivity index (χ4v) is 2.62. The van der Waals surface area contributed by atoms with E-state index in [1.807, 2.05) is 17.9 Å². The van der Waals surface area contributed by atoms with E-state index >= 15 is 0 Å². The Balaban J connectivity index is 2.06. The van der Waals surface area contributed by atoms with E-state index in [-0.39, 0.29) is 5.91 Å². The fraction of sp³-hybridized carbons (Fsp3) is 0.583. The largest absolute Gasteiger partial charge is 0.456 e. The molecule has 3 nitrogen and oxygen atoms in total. The average molecular weight is 286 g/mol. The number of hydrogen-bond donors (Lipinski definition) is 0. The van der Waals surface area contributed by atoms with Crippen molar-refractivity contribution in [3.63, 3.8) is 0 Å². The number of rotatable bonds is 2. The number of halogens is 1. The SMILES string of the molecule is CCc1ccc(C(=O)N2CCCC(Br)C2)o1. The molecular weight excluding hydrogens is 270 g/mol. The number of carbonyl (C=O) groups excluding carboxylic acids is 1. The number of likely N-dealkylation sites (tertiary alicyclic amines) is 1. The number of piperidine rings is 1. The Morgan fingerprint density at radius 3 is 3.06 bits per heavy atom. The predicted molar refractivity (Wildman–Crippen MR) is 65.9 cm³/mol. The van der Waals surface area contributed by atoms with Gasteiger partial charge in [-0.2, -0.15) is 0 Å². The Kier molecular flexibility index (Phi) is 3.69. The van der Waals surface area contributed by atoms with Gasteiger partial charge < -0.3 is 9.32 Å². The second kappa shape index (κ2) is 5.04. The van der Waals surface area contributed by atoms with Gasteiger partial charge in [-0.1, -0.05) is 22.9 Å². The van der Waals surface area contributed by atoms with Gasteiger partial charge in [0.05, 0.1) is 0 Å². The van der Waals surface area contributed by atoms with E-state index in [0.717, 1.165) is 38.1 Å². The lowest BCUT2D eigenvalue weighted by molar-refractivity contribution is 0.0696. The maximum Gasteiger partial charge on any atom is 0.289 e. The van der Waals surface area contributed by atoms with Gasteiger partial charge in [0, 0.05) is 24.3 Å². The summed E-state index contributed by atoms with van der Waals surface area (Å²) in [4.78, 5) is 14.4. The quantitative estimate of drug-likeness (QED) is 0.783. The van der Waals surface area contributed by atoms with Crippen molar-refractivity contribution in [3.8, 4) is 0 Å². The van der Waals surface area contributed by atoms with E-state index in [0.29, 0.717) is 10.6 Å². The molecule has 1 aromatic rings. The van der Waals surface area contributed by atoms with Gasteiger partial charge in [0.15, 0.2) is 5.76 Å². The van der Waals surface area contributed by atoms with E-state index in [9.17, 15) is 4.79 Å². The first-order valence-corrected chi connectivity index (χ1v) is 6.64. The van der Waals surface area contributed by atoms with Crippen LogP contribution in [-0.4, -0.2) is 28.7 Å². The summed E-state index contributed by atoms with van der Waals surface area (Å²) in [5, 5.41) is 0. The Bertz CT molecular complexity index is 375. The number of amides is 1. The third-order valence-electron chi connectivity index (χ3n) is 2.87. The minimum Gasteiger partial charge on any atom is -0.456 e. The van der Waals surface area contributed by atoms with Crippen molar-refractivity contribution in [2.24, 2.45) is 0 Å². The molecule has 0 bridgehead atoms. The van der Waals surface area contributed by atoms with Crippen LogP contribution in [0.3, 0.4) is 0 Å². The van der Waals surface area contributed by atoms with Crippen molar-refractivity contribution < 1.29 is 9.21 Å². The molecule has 16 heavy (non-hydrogen) atoms. The minimum absolute atomic E-state index is 0.0175. The molecule has 88 valence electrons. The molecule has 0 aliphatic carbocycles. The van der Waals surface area contributed by atoms with Crippen molar-refractivity contribution in [2.75, 3.05) is 13.1 Å². The first kappa shape index (κ1) is 11.7. The molecule has 1 fully saturated rings. The molecule has 2 rings (SSSR count). The van der Waals surface area contributed by atoms with Crippen LogP contribution < -0.4 is 0 Å². The van der Waals surface area contributed by atoms with Gasteiger partial charge in [-0.25, -0.2) is 0 Å². The molecule has 4 heteroatoms. The van der Waals surface area contributed by atoms with E-state index in [1.54, 1.807) is 6.07 Å². The summed E-state index contributed by atoms with van der Waals surface area (Å²) < 4.78 is 5.48. The van der Waals surface area contributed by atoms with Gasteiger partial charge in [-0.05, 0) is 25.0 Å². The van der Waals surface area contributed by atoms with Gasteiger partial charge >= 0.3 is 0 Å². The molecule has 1 unspecified atom stereocenters. The molecule has 1 aliphatic rings.